The number of ether oxygens (including phenoxy) is 1. The minimum Gasteiger partial charge on any atom is -0.462 e. The van der Waals surface area contributed by atoms with Gasteiger partial charge in [-0.25, -0.2) is 9.78 Å². The number of carbonyl (C=O) groups is 1. The molecule has 5 rings (SSSR count). The average Bonchev–Trinajstić information content (AvgIpc) is 2.87. The van der Waals surface area contributed by atoms with Crippen molar-refractivity contribution in [3.8, 4) is 11.3 Å². The van der Waals surface area contributed by atoms with Crippen molar-refractivity contribution in [3.63, 3.8) is 0 Å². The summed E-state index contributed by atoms with van der Waals surface area (Å²) in [5, 5.41) is 0.808. The Bertz CT molecular complexity index is 1390. The fraction of sp³-hybridized carbons (Fsp3) is 0.241. The Morgan fingerprint density at radius 1 is 0.972 bits per heavy atom. The van der Waals surface area contributed by atoms with Gasteiger partial charge in [0.15, 0.2) is 0 Å². The first-order valence-corrected chi connectivity index (χ1v) is 12.8. The monoisotopic (exact) mass is 519 g/mol. The third-order valence-corrected chi connectivity index (χ3v) is 7.25. The first-order valence-electron chi connectivity index (χ1n) is 12.0. The molecule has 4 aromatic rings. The number of halogens is 1. The molecule has 7 heteroatoms. The fourth-order valence-corrected chi connectivity index (χ4v) is 5.55. The fourth-order valence-electron chi connectivity index (χ4n) is 4.48. The molecule has 0 fully saturated rings. The second-order valence-corrected chi connectivity index (χ2v) is 9.94. The van der Waals surface area contributed by atoms with Crippen LogP contribution >= 0.6 is 24.2 Å². The van der Waals surface area contributed by atoms with Crippen LogP contribution in [0.3, 0.4) is 0 Å². The standard InChI is InChI=1S/C29H29N3O2S.ClH/c1-4-34-29(33)22-19-24(30-23-11-6-5-10-21(22)23)20-14-15-28-26(18-20)32(17-9-16-31(2)3)25-12-7-8-13-27(25)35-28;/h5-8,10-15,18-19H,4,9,16-17H2,1-3H3;1H. The highest BCUT2D eigenvalue weighted by Gasteiger charge is 2.24. The molecule has 1 aromatic heterocycles. The third-order valence-electron chi connectivity index (χ3n) is 6.12. The van der Waals surface area contributed by atoms with E-state index < -0.39 is 0 Å². The molecule has 0 radical (unpaired) electrons. The zero-order valence-electron chi connectivity index (χ0n) is 20.7. The number of nitrogens with zero attached hydrogens (tertiary/aromatic N) is 3. The lowest BCUT2D eigenvalue weighted by Gasteiger charge is -2.33. The number of hydrogen-bond acceptors (Lipinski definition) is 6. The normalized spacial score (nSPS) is 12.2. The largest absolute Gasteiger partial charge is 0.462 e. The Morgan fingerprint density at radius 2 is 1.72 bits per heavy atom. The van der Waals surface area contributed by atoms with Gasteiger partial charge in [-0.1, -0.05) is 48.2 Å². The predicted octanol–water partition coefficient (Wildman–Crippen LogP) is 7.05. The Kier molecular flexibility index (Phi) is 8.19. The average molecular weight is 520 g/mol. The molecule has 0 amide bonds. The summed E-state index contributed by atoms with van der Waals surface area (Å²) in [5.74, 6) is -0.319. The SMILES string of the molecule is CCOC(=O)c1cc(-c2ccc3c(c2)N(CCCN(C)C)c2ccccc2S3)nc2ccccc12.Cl. The predicted molar refractivity (Wildman–Crippen MR) is 151 cm³/mol. The van der Waals surface area contributed by atoms with Gasteiger partial charge in [0.2, 0.25) is 0 Å². The number of aromatic nitrogens is 1. The molecule has 0 spiro atoms. The van der Waals surface area contributed by atoms with E-state index in [1.165, 1.54) is 21.2 Å². The van der Waals surface area contributed by atoms with Crippen LogP contribution in [0.4, 0.5) is 11.4 Å². The molecule has 1 aliphatic heterocycles. The van der Waals surface area contributed by atoms with Crippen LogP contribution in [0.2, 0.25) is 0 Å². The molecule has 1 aliphatic rings. The smallest absolute Gasteiger partial charge is 0.338 e. The number of carbonyl (C=O) groups excluding carboxylic acids is 1. The molecule has 0 saturated heterocycles. The van der Waals surface area contributed by atoms with Crippen molar-refractivity contribution in [1.29, 1.82) is 0 Å². The van der Waals surface area contributed by atoms with Gasteiger partial charge in [-0.3, -0.25) is 0 Å². The van der Waals surface area contributed by atoms with E-state index in [-0.39, 0.29) is 18.4 Å². The molecular formula is C29H30ClN3O2S. The number of hydrogen-bond donors (Lipinski definition) is 0. The van der Waals surface area contributed by atoms with Crippen molar-refractivity contribution in [2.45, 2.75) is 23.1 Å². The third kappa shape index (κ3) is 5.21. The highest BCUT2D eigenvalue weighted by atomic mass is 35.5. The molecule has 0 unspecified atom stereocenters. The molecule has 0 saturated carbocycles. The summed E-state index contributed by atoms with van der Waals surface area (Å²) >= 11 is 1.80. The van der Waals surface area contributed by atoms with Crippen LogP contribution in [0, 0.1) is 0 Å². The van der Waals surface area contributed by atoms with Gasteiger partial charge < -0.3 is 14.5 Å². The van der Waals surface area contributed by atoms with Gasteiger partial charge in [0.1, 0.15) is 0 Å². The van der Waals surface area contributed by atoms with Crippen molar-refractivity contribution in [1.82, 2.24) is 9.88 Å². The Morgan fingerprint density at radius 3 is 2.53 bits per heavy atom. The molecule has 5 nitrogen and oxygen atoms in total. The van der Waals surface area contributed by atoms with E-state index >= 15 is 0 Å². The van der Waals surface area contributed by atoms with Crippen LogP contribution in [0.1, 0.15) is 23.7 Å². The molecule has 0 N–H and O–H groups in total. The Hall–Kier alpha value is -3.06. The van der Waals surface area contributed by atoms with E-state index in [1.54, 1.807) is 11.8 Å². The molecule has 36 heavy (non-hydrogen) atoms. The zero-order valence-corrected chi connectivity index (χ0v) is 22.4. The lowest BCUT2D eigenvalue weighted by Crippen LogP contribution is -2.25. The number of pyridine rings is 1. The topological polar surface area (TPSA) is 45.7 Å². The highest BCUT2D eigenvalue weighted by molar-refractivity contribution is 7.99. The van der Waals surface area contributed by atoms with Crippen molar-refractivity contribution < 1.29 is 9.53 Å². The van der Waals surface area contributed by atoms with Crippen LogP contribution in [-0.4, -0.2) is 49.6 Å². The van der Waals surface area contributed by atoms with E-state index in [4.69, 9.17) is 9.72 Å². The molecule has 2 heterocycles. The second-order valence-electron chi connectivity index (χ2n) is 8.85. The minimum absolute atomic E-state index is 0. The van der Waals surface area contributed by atoms with E-state index in [2.05, 4.69) is 66.4 Å². The number of benzene rings is 3. The minimum atomic E-state index is -0.319. The zero-order chi connectivity index (χ0) is 24.4. The van der Waals surface area contributed by atoms with E-state index in [0.29, 0.717) is 12.2 Å². The summed E-state index contributed by atoms with van der Waals surface area (Å²) in [6.07, 6.45) is 1.05. The van der Waals surface area contributed by atoms with Gasteiger partial charge >= 0.3 is 5.97 Å². The maximum Gasteiger partial charge on any atom is 0.338 e. The first kappa shape index (κ1) is 26.0. The van der Waals surface area contributed by atoms with Gasteiger partial charge in [-0.05, 0) is 70.4 Å². The van der Waals surface area contributed by atoms with Crippen LogP contribution < -0.4 is 4.90 Å². The maximum atomic E-state index is 12.8. The highest BCUT2D eigenvalue weighted by Crippen LogP contribution is 2.49. The second kappa shape index (κ2) is 11.3. The summed E-state index contributed by atoms with van der Waals surface area (Å²) in [5.41, 5.74) is 5.50. The lowest BCUT2D eigenvalue weighted by molar-refractivity contribution is 0.0528. The molecule has 0 atom stereocenters. The van der Waals surface area contributed by atoms with Crippen LogP contribution in [0.5, 0.6) is 0 Å². The van der Waals surface area contributed by atoms with Gasteiger partial charge in [0.25, 0.3) is 0 Å². The summed E-state index contributed by atoms with van der Waals surface area (Å²) in [6, 6.07) is 24.7. The van der Waals surface area contributed by atoms with Crippen molar-refractivity contribution in [3.05, 3.63) is 78.4 Å². The summed E-state index contributed by atoms with van der Waals surface area (Å²) < 4.78 is 5.35. The quantitative estimate of drug-likeness (QED) is 0.244. The van der Waals surface area contributed by atoms with Crippen LogP contribution in [0.15, 0.2) is 82.6 Å². The molecule has 186 valence electrons. The van der Waals surface area contributed by atoms with E-state index in [1.807, 2.05) is 37.3 Å². The Labute approximate surface area is 222 Å². The summed E-state index contributed by atoms with van der Waals surface area (Å²) in [4.78, 5) is 24.8. The van der Waals surface area contributed by atoms with Gasteiger partial charge in [0.05, 0.1) is 34.8 Å². The number of esters is 1. The van der Waals surface area contributed by atoms with Crippen molar-refractivity contribution >= 4 is 52.4 Å². The molecular weight excluding hydrogens is 490 g/mol. The van der Waals surface area contributed by atoms with Gasteiger partial charge in [-0.2, -0.15) is 0 Å². The summed E-state index contributed by atoms with van der Waals surface area (Å²) in [7, 11) is 4.22. The molecule has 0 aliphatic carbocycles. The number of rotatable bonds is 7. The van der Waals surface area contributed by atoms with Crippen molar-refractivity contribution in [2.75, 3.05) is 38.7 Å². The number of para-hydroxylation sites is 2. The lowest BCUT2D eigenvalue weighted by atomic mass is 10.0. The van der Waals surface area contributed by atoms with Crippen LogP contribution in [-0.2, 0) is 4.74 Å². The number of fused-ring (bicyclic) bond motifs is 3. The van der Waals surface area contributed by atoms with Gasteiger partial charge in [0, 0.05) is 27.3 Å². The summed E-state index contributed by atoms with van der Waals surface area (Å²) in [6.45, 7) is 4.11. The van der Waals surface area contributed by atoms with Gasteiger partial charge in [-0.15, -0.1) is 12.4 Å². The van der Waals surface area contributed by atoms with Crippen LogP contribution in [0.25, 0.3) is 22.2 Å². The van der Waals surface area contributed by atoms with E-state index in [9.17, 15) is 4.79 Å². The molecule has 3 aromatic carbocycles. The van der Waals surface area contributed by atoms with Crippen molar-refractivity contribution in [2.24, 2.45) is 0 Å². The first-order chi connectivity index (χ1) is 17.0. The molecule has 0 bridgehead atoms. The Balaban J connectivity index is 0.00000304. The van der Waals surface area contributed by atoms with E-state index in [0.717, 1.165) is 41.7 Å². The number of anilines is 2. The maximum absolute atomic E-state index is 12.8.